The van der Waals surface area contributed by atoms with E-state index in [2.05, 4.69) is 39.8 Å². The van der Waals surface area contributed by atoms with Crippen molar-refractivity contribution in [1.29, 1.82) is 0 Å². The number of benzene rings is 1. The van der Waals surface area contributed by atoms with E-state index in [1.165, 1.54) is 37.7 Å². The van der Waals surface area contributed by atoms with E-state index in [1.807, 2.05) is 6.92 Å². The van der Waals surface area contributed by atoms with Crippen LogP contribution in [0.2, 0.25) is 0 Å². The molecule has 1 fully saturated rings. The molecule has 1 heterocycles. The van der Waals surface area contributed by atoms with Gasteiger partial charge in [-0.05, 0) is 48.9 Å². The number of hydrogen-bond acceptors (Lipinski definition) is 3. The van der Waals surface area contributed by atoms with Crippen LogP contribution in [0.15, 0.2) is 53.9 Å². The van der Waals surface area contributed by atoms with E-state index >= 15 is 0 Å². The molecule has 0 radical (unpaired) electrons. The average Bonchev–Trinajstić information content (AvgIpc) is 2.67. The highest BCUT2D eigenvalue weighted by molar-refractivity contribution is 6.00. The molecule has 0 aliphatic heterocycles. The smallest absolute Gasteiger partial charge is 0.267 e. The fourth-order valence-corrected chi connectivity index (χ4v) is 3.20. The minimum absolute atomic E-state index is 0.226. The summed E-state index contributed by atoms with van der Waals surface area (Å²) in [7, 11) is 0. The van der Waals surface area contributed by atoms with Crippen LogP contribution in [0.25, 0.3) is 0 Å². The number of hydrazone groups is 1. The highest BCUT2D eigenvalue weighted by Crippen LogP contribution is 2.32. The van der Waals surface area contributed by atoms with Crippen LogP contribution in [0.3, 0.4) is 0 Å². The number of amides is 1. The van der Waals surface area contributed by atoms with Crippen molar-refractivity contribution in [2.75, 3.05) is 0 Å². The molecule has 0 bridgehead atoms. The van der Waals surface area contributed by atoms with Crippen molar-refractivity contribution in [3.63, 3.8) is 0 Å². The van der Waals surface area contributed by atoms with Gasteiger partial charge in [-0.1, -0.05) is 43.5 Å². The van der Waals surface area contributed by atoms with E-state index in [1.54, 1.807) is 24.5 Å². The summed E-state index contributed by atoms with van der Waals surface area (Å²) in [5.74, 6) is 0.479. The summed E-state index contributed by atoms with van der Waals surface area (Å²) in [6.45, 7) is 1.91. The van der Waals surface area contributed by atoms with Gasteiger partial charge in [0, 0.05) is 18.0 Å². The molecule has 24 heavy (non-hydrogen) atoms. The van der Waals surface area contributed by atoms with Gasteiger partial charge in [0.05, 0.1) is 5.71 Å². The first kappa shape index (κ1) is 16.4. The van der Waals surface area contributed by atoms with Gasteiger partial charge in [-0.3, -0.25) is 9.78 Å². The molecule has 1 N–H and O–H groups in total. The SMILES string of the molecule is C/C(=N\NC(=O)c1ccncc1)c1ccc(C2CCCCC2)cc1. The maximum Gasteiger partial charge on any atom is 0.271 e. The third-order valence-corrected chi connectivity index (χ3v) is 4.67. The predicted molar refractivity (Wildman–Crippen MR) is 96.2 cm³/mol. The summed E-state index contributed by atoms with van der Waals surface area (Å²) in [6, 6.07) is 11.9. The molecule has 0 saturated heterocycles. The fraction of sp³-hybridized carbons (Fsp3) is 0.350. The van der Waals surface area contributed by atoms with Gasteiger partial charge in [-0.2, -0.15) is 5.10 Å². The van der Waals surface area contributed by atoms with Crippen LogP contribution in [0.5, 0.6) is 0 Å². The molecule has 4 heteroatoms. The molecule has 3 rings (SSSR count). The van der Waals surface area contributed by atoms with Crippen molar-refractivity contribution >= 4 is 11.6 Å². The second kappa shape index (κ2) is 7.86. The van der Waals surface area contributed by atoms with Gasteiger partial charge in [-0.25, -0.2) is 5.43 Å². The third kappa shape index (κ3) is 4.07. The first-order valence-corrected chi connectivity index (χ1v) is 8.59. The van der Waals surface area contributed by atoms with Crippen molar-refractivity contribution in [3.05, 3.63) is 65.5 Å². The van der Waals surface area contributed by atoms with Crippen molar-refractivity contribution in [2.24, 2.45) is 5.10 Å². The van der Waals surface area contributed by atoms with Crippen LogP contribution < -0.4 is 5.43 Å². The van der Waals surface area contributed by atoms with Gasteiger partial charge in [0.15, 0.2) is 0 Å². The van der Waals surface area contributed by atoms with Crippen molar-refractivity contribution in [2.45, 2.75) is 44.9 Å². The van der Waals surface area contributed by atoms with E-state index in [-0.39, 0.29) is 5.91 Å². The zero-order valence-electron chi connectivity index (χ0n) is 14.0. The molecule has 1 aromatic carbocycles. The number of carbonyl (C=O) groups is 1. The Labute approximate surface area is 143 Å². The van der Waals surface area contributed by atoms with Crippen molar-refractivity contribution in [3.8, 4) is 0 Å². The maximum absolute atomic E-state index is 12.0. The molecule has 124 valence electrons. The number of carbonyl (C=O) groups excluding carboxylic acids is 1. The van der Waals surface area contributed by atoms with Crippen molar-refractivity contribution in [1.82, 2.24) is 10.4 Å². The molecule has 0 spiro atoms. The van der Waals surface area contributed by atoms with Crippen LogP contribution in [0.1, 0.15) is 66.4 Å². The van der Waals surface area contributed by atoms with Crippen LogP contribution >= 0.6 is 0 Å². The minimum Gasteiger partial charge on any atom is -0.267 e. The zero-order valence-corrected chi connectivity index (χ0v) is 14.0. The Hall–Kier alpha value is -2.49. The Morgan fingerprint density at radius 1 is 1.00 bits per heavy atom. The fourth-order valence-electron chi connectivity index (χ4n) is 3.20. The highest BCUT2D eigenvalue weighted by atomic mass is 16.2. The quantitative estimate of drug-likeness (QED) is 0.675. The third-order valence-electron chi connectivity index (χ3n) is 4.67. The Bertz CT molecular complexity index is 701. The average molecular weight is 321 g/mol. The molecule has 4 nitrogen and oxygen atoms in total. The lowest BCUT2D eigenvalue weighted by Gasteiger charge is -2.22. The second-order valence-corrected chi connectivity index (χ2v) is 6.33. The number of aromatic nitrogens is 1. The standard InChI is InChI=1S/C20H23N3O/c1-15(22-23-20(24)19-11-13-21-14-12-19)16-7-9-18(10-8-16)17-5-3-2-4-6-17/h7-14,17H,2-6H2,1H3,(H,23,24)/b22-15+. The second-order valence-electron chi connectivity index (χ2n) is 6.33. The number of rotatable bonds is 4. The van der Waals surface area contributed by atoms with Gasteiger partial charge < -0.3 is 0 Å². The first-order chi connectivity index (χ1) is 11.7. The Balaban J connectivity index is 1.64. The number of nitrogens with one attached hydrogen (secondary N) is 1. The molecular formula is C20H23N3O. The molecule has 2 aromatic rings. The zero-order chi connectivity index (χ0) is 16.8. The summed E-state index contributed by atoms with van der Waals surface area (Å²) < 4.78 is 0. The van der Waals surface area contributed by atoms with Crippen LogP contribution in [0.4, 0.5) is 0 Å². The van der Waals surface area contributed by atoms with Crippen LogP contribution in [0, 0.1) is 0 Å². The molecule has 1 saturated carbocycles. The van der Waals surface area contributed by atoms with Crippen molar-refractivity contribution < 1.29 is 4.79 Å². The van der Waals surface area contributed by atoms with E-state index in [0.717, 1.165) is 11.3 Å². The first-order valence-electron chi connectivity index (χ1n) is 8.59. The molecular weight excluding hydrogens is 298 g/mol. The number of hydrogen-bond donors (Lipinski definition) is 1. The molecule has 1 aromatic heterocycles. The minimum atomic E-state index is -0.226. The van der Waals surface area contributed by atoms with E-state index < -0.39 is 0 Å². The number of nitrogens with zero attached hydrogens (tertiary/aromatic N) is 2. The van der Waals surface area contributed by atoms with Crippen LogP contribution in [-0.4, -0.2) is 16.6 Å². The largest absolute Gasteiger partial charge is 0.271 e. The maximum atomic E-state index is 12.0. The Kier molecular flexibility index (Phi) is 5.36. The molecule has 0 unspecified atom stereocenters. The lowest BCUT2D eigenvalue weighted by molar-refractivity contribution is 0.0954. The lowest BCUT2D eigenvalue weighted by Crippen LogP contribution is -2.19. The molecule has 1 amide bonds. The summed E-state index contributed by atoms with van der Waals surface area (Å²) in [4.78, 5) is 15.9. The van der Waals surface area contributed by atoms with Gasteiger partial charge in [0.1, 0.15) is 0 Å². The molecule has 0 atom stereocenters. The monoisotopic (exact) mass is 321 g/mol. The summed E-state index contributed by atoms with van der Waals surface area (Å²) in [5.41, 5.74) is 6.40. The van der Waals surface area contributed by atoms with E-state index in [9.17, 15) is 4.79 Å². The predicted octanol–water partition coefficient (Wildman–Crippen LogP) is 4.28. The van der Waals surface area contributed by atoms with Gasteiger partial charge in [-0.15, -0.1) is 0 Å². The summed E-state index contributed by atoms with van der Waals surface area (Å²) >= 11 is 0. The van der Waals surface area contributed by atoms with Gasteiger partial charge >= 0.3 is 0 Å². The van der Waals surface area contributed by atoms with E-state index in [4.69, 9.17) is 0 Å². The molecule has 1 aliphatic rings. The molecule has 1 aliphatic carbocycles. The highest BCUT2D eigenvalue weighted by Gasteiger charge is 2.15. The van der Waals surface area contributed by atoms with E-state index in [0.29, 0.717) is 11.5 Å². The summed E-state index contributed by atoms with van der Waals surface area (Å²) in [6.07, 6.45) is 9.84. The number of pyridine rings is 1. The normalized spacial score (nSPS) is 16.0. The topological polar surface area (TPSA) is 54.4 Å². The summed E-state index contributed by atoms with van der Waals surface area (Å²) in [5, 5.41) is 4.21. The van der Waals surface area contributed by atoms with Gasteiger partial charge in [0.2, 0.25) is 0 Å². The lowest BCUT2D eigenvalue weighted by atomic mass is 9.84. The van der Waals surface area contributed by atoms with Crippen LogP contribution in [-0.2, 0) is 0 Å². The Morgan fingerprint density at radius 2 is 1.67 bits per heavy atom. The van der Waals surface area contributed by atoms with Gasteiger partial charge in [0.25, 0.3) is 5.91 Å². The Morgan fingerprint density at radius 3 is 2.33 bits per heavy atom.